The lowest BCUT2D eigenvalue weighted by Gasteiger charge is -2.25. The average Bonchev–Trinajstić information content (AvgIpc) is 2.73. The SMILES string of the molecule is CSc1cccc(NC(=O)COc2ccc(S(=O)(=O)N3CCCCC3)cc2)c1. The molecule has 150 valence electrons. The van der Waals surface area contributed by atoms with Crippen LogP contribution in [0.25, 0.3) is 0 Å². The lowest BCUT2D eigenvalue weighted by atomic mass is 10.2. The average molecular weight is 421 g/mol. The Morgan fingerprint density at radius 3 is 2.50 bits per heavy atom. The number of nitrogens with zero attached hydrogens (tertiary/aromatic N) is 1. The van der Waals surface area contributed by atoms with Gasteiger partial charge in [-0.05, 0) is 61.6 Å². The van der Waals surface area contributed by atoms with E-state index >= 15 is 0 Å². The van der Waals surface area contributed by atoms with Gasteiger partial charge in [-0.15, -0.1) is 11.8 Å². The summed E-state index contributed by atoms with van der Waals surface area (Å²) in [5, 5.41) is 2.79. The molecule has 8 heteroatoms. The molecule has 0 aromatic heterocycles. The lowest BCUT2D eigenvalue weighted by molar-refractivity contribution is -0.118. The summed E-state index contributed by atoms with van der Waals surface area (Å²) in [5.41, 5.74) is 0.712. The second kappa shape index (κ2) is 9.45. The summed E-state index contributed by atoms with van der Waals surface area (Å²) in [5.74, 6) is 0.175. The molecular weight excluding hydrogens is 396 g/mol. The first-order chi connectivity index (χ1) is 13.5. The summed E-state index contributed by atoms with van der Waals surface area (Å²) in [6.07, 6.45) is 4.84. The van der Waals surface area contributed by atoms with E-state index in [4.69, 9.17) is 4.74 Å². The van der Waals surface area contributed by atoms with Crippen LogP contribution < -0.4 is 10.1 Å². The molecule has 0 radical (unpaired) electrons. The first-order valence-electron chi connectivity index (χ1n) is 9.16. The Balaban J connectivity index is 1.56. The molecule has 0 spiro atoms. The van der Waals surface area contributed by atoms with Crippen molar-refractivity contribution in [2.24, 2.45) is 0 Å². The molecule has 3 rings (SSSR count). The molecule has 1 saturated heterocycles. The van der Waals surface area contributed by atoms with E-state index in [-0.39, 0.29) is 17.4 Å². The molecule has 6 nitrogen and oxygen atoms in total. The van der Waals surface area contributed by atoms with E-state index < -0.39 is 10.0 Å². The van der Waals surface area contributed by atoms with Gasteiger partial charge >= 0.3 is 0 Å². The number of hydrogen-bond donors (Lipinski definition) is 1. The topological polar surface area (TPSA) is 75.7 Å². The maximum Gasteiger partial charge on any atom is 0.262 e. The largest absolute Gasteiger partial charge is 0.484 e. The molecule has 0 unspecified atom stereocenters. The number of anilines is 1. The zero-order chi connectivity index (χ0) is 20.0. The van der Waals surface area contributed by atoms with Crippen molar-refractivity contribution >= 4 is 33.4 Å². The Kier molecular flexibility index (Phi) is 6.98. The molecule has 2 aromatic rings. The maximum absolute atomic E-state index is 12.6. The highest BCUT2D eigenvalue weighted by Crippen LogP contribution is 2.23. The summed E-state index contributed by atoms with van der Waals surface area (Å²) >= 11 is 1.60. The first-order valence-corrected chi connectivity index (χ1v) is 11.8. The highest BCUT2D eigenvalue weighted by molar-refractivity contribution is 7.98. The van der Waals surface area contributed by atoms with E-state index in [2.05, 4.69) is 5.32 Å². The van der Waals surface area contributed by atoms with Crippen LogP contribution >= 0.6 is 11.8 Å². The van der Waals surface area contributed by atoms with Crippen molar-refractivity contribution in [2.75, 3.05) is 31.3 Å². The van der Waals surface area contributed by atoms with Crippen LogP contribution in [0.3, 0.4) is 0 Å². The molecule has 2 aromatic carbocycles. The Bertz CT molecular complexity index is 908. The summed E-state index contributed by atoms with van der Waals surface area (Å²) in [7, 11) is -3.46. The molecule has 0 aliphatic carbocycles. The first kappa shape index (κ1) is 20.7. The van der Waals surface area contributed by atoms with Crippen molar-refractivity contribution in [1.82, 2.24) is 4.31 Å². The minimum absolute atomic E-state index is 0.151. The van der Waals surface area contributed by atoms with Crippen LogP contribution in [-0.2, 0) is 14.8 Å². The van der Waals surface area contributed by atoms with Gasteiger partial charge in [0, 0.05) is 23.7 Å². The number of benzene rings is 2. The van der Waals surface area contributed by atoms with E-state index in [1.807, 2.05) is 30.5 Å². The third kappa shape index (κ3) is 5.27. The van der Waals surface area contributed by atoms with Crippen LogP contribution in [0.1, 0.15) is 19.3 Å². The Morgan fingerprint density at radius 1 is 1.11 bits per heavy atom. The number of nitrogens with one attached hydrogen (secondary N) is 1. The minimum atomic E-state index is -3.46. The van der Waals surface area contributed by atoms with E-state index in [0.29, 0.717) is 24.5 Å². The summed E-state index contributed by atoms with van der Waals surface area (Å²) in [6.45, 7) is 0.985. The van der Waals surface area contributed by atoms with Gasteiger partial charge in [-0.1, -0.05) is 12.5 Å². The second-order valence-electron chi connectivity index (χ2n) is 6.50. The van der Waals surface area contributed by atoms with Crippen LogP contribution in [0, 0.1) is 0 Å². The van der Waals surface area contributed by atoms with Crippen molar-refractivity contribution in [1.29, 1.82) is 0 Å². The van der Waals surface area contributed by atoms with Crippen LogP contribution in [-0.4, -0.2) is 44.6 Å². The molecule has 28 heavy (non-hydrogen) atoms. The predicted molar refractivity (Wildman–Crippen MR) is 111 cm³/mol. The minimum Gasteiger partial charge on any atom is -0.484 e. The van der Waals surface area contributed by atoms with Crippen molar-refractivity contribution in [3.05, 3.63) is 48.5 Å². The molecule has 0 bridgehead atoms. The van der Waals surface area contributed by atoms with Crippen molar-refractivity contribution in [3.8, 4) is 5.75 Å². The number of piperidine rings is 1. The number of ether oxygens (including phenoxy) is 1. The fourth-order valence-corrected chi connectivity index (χ4v) is 4.99. The van der Waals surface area contributed by atoms with Crippen LogP contribution in [0.15, 0.2) is 58.3 Å². The van der Waals surface area contributed by atoms with Crippen LogP contribution in [0.2, 0.25) is 0 Å². The Labute approximate surface area is 170 Å². The van der Waals surface area contributed by atoms with Gasteiger partial charge in [-0.25, -0.2) is 8.42 Å². The number of thioether (sulfide) groups is 1. The highest BCUT2D eigenvalue weighted by Gasteiger charge is 2.25. The van der Waals surface area contributed by atoms with Gasteiger partial charge < -0.3 is 10.1 Å². The number of sulfonamides is 1. The van der Waals surface area contributed by atoms with E-state index in [9.17, 15) is 13.2 Å². The number of hydrogen-bond acceptors (Lipinski definition) is 5. The fourth-order valence-electron chi connectivity index (χ4n) is 3.01. The molecule has 1 aliphatic rings. The second-order valence-corrected chi connectivity index (χ2v) is 9.32. The fraction of sp³-hybridized carbons (Fsp3) is 0.350. The number of amides is 1. The zero-order valence-corrected chi connectivity index (χ0v) is 17.4. The van der Waals surface area contributed by atoms with Gasteiger partial charge in [0.05, 0.1) is 4.90 Å². The molecule has 0 saturated carbocycles. The molecule has 1 fully saturated rings. The summed E-state index contributed by atoms with van der Waals surface area (Å²) < 4.78 is 32.3. The van der Waals surface area contributed by atoms with E-state index in [0.717, 1.165) is 24.2 Å². The third-order valence-corrected chi connectivity index (χ3v) is 7.14. The molecular formula is C20H24N2O4S2. The van der Waals surface area contributed by atoms with Crippen LogP contribution in [0.5, 0.6) is 5.75 Å². The lowest BCUT2D eigenvalue weighted by Crippen LogP contribution is -2.35. The monoisotopic (exact) mass is 420 g/mol. The zero-order valence-electron chi connectivity index (χ0n) is 15.8. The molecule has 1 heterocycles. The number of carbonyl (C=O) groups excluding carboxylic acids is 1. The molecule has 1 amide bonds. The van der Waals surface area contributed by atoms with Gasteiger partial charge in [0.1, 0.15) is 5.75 Å². The van der Waals surface area contributed by atoms with Crippen molar-refractivity contribution in [2.45, 2.75) is 29.1 Å². The smallest absolute Gasteiger partial charge is 0.262 e. The third-order valence-electron chi connectivity index (χ3n) is 4.50. The molecule has 1 N–H and O–H groups in total. The van der Waals surface area contributed by atoms with Crippen LogP contribution in [0.4, 0.5) is 5.69 Å². The van der Waals surface area contributed by atoms with Gasteiger partial charge in [0.2, 0.25) is 10.0 Å². The maximum atomic E-state index is 12.6. The molecule has 1 aliphatic heterocycles. The van der Waals surface area contributed by atoms with Gasteiger partial charge in [0.15, 0.2) is 6.61 Å². The normalized spacial score (nSPS) is 15.2. The standard InChI is InChI=1S/C20H24N2O4S2/c1-27-18-7-5-6-16(14-18)21-20(23)15-26-17-8-10-19(11-9-17)28(24,25)22-12-3-2-4-13-22/h5-11,14H,2-4,12-13,15H2,1H3,(H,21,23). The van der Waals surface area contributed by atoms with Crippen molar-refractivity contribution in [3.63, 3.8) is 0 Å². The number of rotatable bonds is 7. The van der Waals surface area contributed by atoms with Gasteiger partial charge in [-0.3, -0.25) is 4.79 Å². The number of carbonyl (C=O) groups is 1. The molecule has 0 atom stereocenters. The van der Waals surface area contributed by atoms with Gasteiger partial charge in [0.25, 0.3) is 5.91 Å². The van der Waals surface area contributed by atoms with E-state index in [1.54, 1.807) is 23.9 Å². The summed E-state index contributed by atoms with van der Waals surface area (Å²) in [6, 6.07) is 13.8. The Morgan fingerprint density at radius 2 is 1.82 bits per heavy atom. The van der Waals surface area contributed by atoms with Crippen molar-refractivity contribution < 1.29 is 17.9 Å². The predicted octanol–water partition coefficient (Wildman–Crippen LogP) is 3.60. The summed E-state index contributed by atoms with van der Waals surface area (Å²) in [4.78, 5) is 13.4. The highest BCUT2D eigenvalue weighted by atomic mass is 32.2. The van der Waals surface area contributed by atoms with E-state index in [1.165, 1.54) is 16.4 Å². The quantitative estimate of drug-likeness (QED) is 0.693. The van der Waals surface area contributed by atoms with Gasteiger partial charge in [-0.2, -0.15) is 4.31 Å². The Hall–Kier alpha value is -2.03.